The van der Waals surface area contributed by atoms with Crippen LogP contribution in [0.5, 0.6) is 5.88 Å². The minimum absolute atomic E-state index is 0.573. The zero-order valence-corrected chi connectivity index (χ0v) is 8.03. The van der Waals surface area contributed by atoms with Gasteiger partial charge in [0.1, 0.15) is 6.61 Å². The van der Waals surface area contributed by atoms with Crippen LogP contribution >= 0.6 is 0 Å². The number of nitrogens with zero attached hydrogens (tertiary/aromatic N) is 1. The highest BCUT2D eigenvalue weighted by Gasteiger charge is 2.00. The number of benzene rings is 1. The maximum absolute atomic E-state index is 5.54. The second kappa shape index (κ2) is 3.96. The standard InChI is InChI=1S/C11H12N2O/c1-9-7-12-13-11(9)14-8-10-5-3-2-4-6-10/h2-7H,8H2,1H3,(H,12,13). The summed E-state index contributed by atoms with van der Waals surface area (Å²) in [5, 5.41) is 6.69. The van der Waals surface area contributed by atoms with Crippen LogP contribution in [0.2, 0.25) is 0 Å². The van der Waals surface area contributed by atoms with Gasteiger partial charge in [-0.15, -0.1) is 0 Å². The third-order valence-electron chi connectivity index (χ3n) is 2.01. The number of nitrogens with one attached hydrogen (secondary N) is 1. The number of ether oxygens (including phenoxy) is 1. The smallest absolute Gasteiger partial charge is 0.212 e. The molecule has 1 N–H and O–H groups in total. The zero-order chi connectivity index (χ0) is 9.80. The largest absolute Gasteiger partial charge is 0.473 e. The van der Waals surface area contributed by atoms with Gasteiger partial charge in [-0.1, -0.05) is 30.3 Å². The Bertz CT molecular complexity index is 395. The summed E-state index contributed by atoms with van der Waals surface area (Å²) in [5.74, 6) is 0.744. The molecule has 0 spiro atoms. The Balaban J connectivity index is 1.99. The molecule has 0 saturated heterocycles. The molecule has 0 unspecified atom stereocenters. The first kappa shape index (κ1) is 8.81. The second-order valence-corrected chi connectivity index (χ2v) is 3.16. The van der Waals surface area contributed by atoms with Crippen LogP contribution < -0.4 is 4.74 Å². The second-order valence-electron chi connectivity index (χ2n) is 3.16. The van der Waals surface area contributed by atoms with Crippen molar-refractivity contribution in [3.8, 4) is 5.88 Å². The molecule has 1 aromatic carbocycles. The summed E-state index contributed by atoms with van der Waals surface area (Å²) in [6, 6.07) is 10.1. The van der Waals surface area contributed by atoms with E-state index < -0.39 is 0 Å². The van der Waals surface area contributed by atoms with Crippen molar-refractivity contribution in [3.05, 3.63) is 47.7 Å². The number of aromatic amines is 1. The maximum Gasteiger partial charge on any atom is 0.212 e. The van der Waals surface area contributed by atoms with Gasteiger partial charge >= 0.3 is 0 Å². The molecule has 0 atom stereocenters. The first-order chi connectivity index (χ1) is 6.86. The third-order valence-corrected chi connectivity index (χ3v) is 2.01. The van der Waals surface area contributed by atoms with Crippen molar-refractivity contribution >= 4 is 0 Å². The summed E-state index contributed by atoms with van der Waals surface area (Å²) in [7, 11) is 0. The van der Waals surface area contributed by atoms with Crippen LogP contribution in [0, 0.1) is 6.92 Å². The number of aromatic nitrogens is 2. The number of hydrogen-bond acceptors (Lipinski definition) is 2. The zero-order valence-electron chi connectivity index (χ0n) is 8.03. The van der Waals surface area contributed by atoms with Crippen LogP contribution in [0.1, 0.15) is 11.1 Å². The minimum atomic E-state index is 0.573. The fraction of sp³-hybridized carbons (Fsp3) is 0.182. The van der Waals surface area contributed by atoms with Crippen LogP contribution in [0.25, 0.3) is 0 Å². The Kier molecular flexibility index (Phi) is 2.49. The van der Waals surface area contributed by atoms with E-state index in [4.69, 9.17) is 4.74 Å². The lowest BCUT2D eigenvalue weighted by Crippen LogP contribution is -1.96. The van der Waals surface area contributed by atoms with E-state index >= 15 is 0 Å². The Morgan fingerprint density at radius 3 is 2.71 bits per heavy atom. The summed E-state index contributed by atoms with van der Waals surface area (Å²) in [6.07, 6.45) is 1.75. The van der Waals surface area contributed by atoms with Gasteiger partial charge in [0.25, 0.3) is 0 Å². The van der Waals surface area contributed by atoms with Crippen LogP contribution in [-0.2, 0) is 6.61 Å². The van der Waals surface area contributed by atoms with Crippen molar-refractivity contribution < 1.29 is 4.74 Å². The van der Waals surface area contributed by atoms with Crippen LogP contribution in [0.4, 0.5) is 0 Å². The average molecular weight is 188 g/mol. The first-order valence-corrected chi connectivity index (χ1v) is 4.53. The van der Waals surface area contributed by atoms with Crippen molar-refractivity contribution in [1.29, 1.82) is 0 Å². The Morgan fingerprint density at radius 1 is 1.29 bits per heavy atom. The SMILES string of the molecule is Cc1cn[nH]c1OCc1ccccc1. The molecule has 2 rings (SSSR count). The molecule has 72 valence electrons. The van der Waals surface area contributed by atoms with Gasteiger partial charge in [-0.3, -0.25) is 0 Å². The van der Waals surface area contributed by atoms with E-state index in [1.165, 1.54) is 0 Å². The number of rotatable bonds is 3. The third kappa shape index (κ3) is 1.93. The van der Waals surface area contributed by atoms with Gasteiger partial charge in [-0.25, -0.2) is 5.10 Å². The van der Waals surface area contributed by atoms with Gasteiger partial charge in [0, 0.05) is 5.56 Å². The molecule has 0 aliphatic heterocycles. The van der Waals surface area contributed by atoms with E-state index in [1.807, 2.05) is 37.3 Å². The topological polar surface area (TPSA) is 37.9 Å². The molecular formula is C11H12N2O. The van der Waals surface area contributed by atoms with Crippen molar-refractivity contribution in [3.63, 3.8) is 0 Å². The fourth-order valence-corrected chi connectivity index (χ4v) is 1.21. The van der Waals surface area contributed by atoms with E-state index in [9.17, 15) is 0 Å². The molecule has 0 aliphatic rings. The molecule has 0 fully saturated rings. The Morgan fingerprint density at radius 2 is 2.07 bits per heavy atom. The van der Waals surface area contributed by atoms with E-state index in [0.29, 0.717) is 6.61 Å². The van der Waals surface area contributed by atoms with Gasteiger partial charge in [0.2, 0.25) is 5.88 Å². The van der Waals surface area contributed by atoms with Crippen LogP contribution in [0.3, 0.4) is 0 Å². The molecule has 2 aromatic rings. The van der Waals surface area contributed by atoms with Gasteiger partial charge in [0.15, 0.2) is 0 Å². The molecule has 3 heteroatoms. The predicted octanol–water partition coefficient (Wildman–Crippen LogP) is 2.30. The van der Waals surface area contributed by atoms with Crippen LogP contribution in [-0.4, -0.2) is 10.2 Å². The summed E-state index contributed by atoms with van der Waals surface area (Å²) >= 11 is 0. The molecular weight excluding hydrogens is 176 g/mol. The van der Waals surface area contributed by atoms with Crippen molar-refractivity contribution in [2.75, 3.05) is 0 Å². The number of H-pyrrole nitrogens is 1. The Labute approximate surface area is 82.7 Å². The molecule has 0 radical (unpaired) electrons. The van der Waals surface area contributed by atoms with Crippen molar-refractivity contribution in [2.24, 2.45) is 0 Å². The highest BCUT2D eigenvalue weighted by Crippen LogP contribution is 2.13. The monoisotopic (exact) mass is 188 g/mol. The van der Waals surface area contributed by atoms with Crippen molar-refractivity contribution in [1.82, 2.24) is 10.2 Å². The maximum atomic E-state index is 5.54. The molecule has 0 bridgehead atoms. The Hall–Kier alpha value is -1.77. The molecule has 0 saturated carbocycles. The lowest BCUT2D eigenvalue weighted by atomic mass is 10.2. The van der Waals surface area contributed by atoms with Gasteiger partial charge in [-0.2, -0.15) is 5.10 Å². The fourth-order valence-electron chi connectivity index (χ4n) is 1.21. The molecule has 1 aromatic heterocycles. The van der Waals surface area contributed by atoms with Gasteiger partial charge in [0.05, 0.1) is 6.20 Å². The van der Waals surface area contributed by atoms with E-state index in [2.05, 4.69) is 10.2 Å². The highest BCUT2D eigenvalue weighted by atomic mass is 16.5. The summed E-state index contributed by atoms with van der Waals surface area (Å²) in [4.78, 5) is 0. The van der Waals surface area contributed by atoms with E-state index in [-0.39, 0.29) is 0 Å². The number of aryl methyl sites for hydroxylation is 1. The molecule has 1 heterocycles. The summed E-state index contributed by atoms with van der Waals surface area (Å²) in [5.41, 5.74) is 2.18. The van der Waals surface area contributed by atoms with Crippen molar-refractivity contribution in [2.45, 2.75) is 13.5 Å². The highest BCUT2D eigenvalue weighted by molar-refractivity contribution is 5.21. The molecule has 14 heavy (non-hydrogen) atoms. The van der Waals surface area contributed by atoms with E-state index in [1.54, 1.807) is 6.20 Å². The predicted molar refractivity (Wildman–Crippen MR) is 54.1 cm³/mol. The lowest BCUT2D eigenvalue weighted by Gasteiger charge is -2.03. The minimum Gasteiger partial charge on any atom is -0.473 e. The lowest BCUT2D eigenvalue weighted by molar-refractivity contribution is 0.291. The van der Waals surface area contributed by atoms with E-state index in [0.717, 1.165) is 17.0 Å². The molecule has 3 nitrogen and oxygen atoms in total. The quantitative estimate of drug-likeness (QED) is 0.802. The summed E-state index contributed by atoms with van der Waals surface area (Å²) in [6.45, 7) is 2.54. The van der Waals surface area contributed by atoms with Gasteiger partial charge < -0.3 is 4.74 Å². The molecule has 0 amide bonds. The normalized spacial score (nSPS) is 10.1. The van der Waals surface area contributed by atoms with Crippen LogP contribution in [0.15, 0.2) is 36.5 Å². The first-order valence-electron chi connectivity index (χ1n) is 4.53. The average Bonchev–Trinajstić information content (AvgIpc) is 2.63. The molecule has 0 aliphatic carbocycles. The van der Waals surface area contributed by atoms with Gasteiger partial charge in [-0.05, 0) is 12.5 Å². The number of hydrogen-bond donors (Lipinski definition) is 1. The summed E-state index contributed by atoms with van der Waals surface area (Å²) < 4.78 is 5.54.